The summed E-state index contributed by atoms with van der Waals surface area (Å²) in [6, 6.07) is 22.5. The monoisotopic (exact) mass is 373 g/mol. The van der Waals surface area contributed by atoms with E-state index in [1.807, 2.05) is 54.6 Å². The number of hydrogen-bond donors (Lipinski definition) is 1. The summed E-state index contributed by atoms with van der Waals surface area (Å²) in [6.07, 6.45) is 0. The molecule has 0 spiro atoms. The maximum atomic E-state index is 5.82. The van der Waals surface area contributed by atoms with E-state index in [1.54, 1.807) is 7.11 Å². The van der Waals surface area contributed by atoms with Crippen LogP contribution in [-0.2, 0) is 0 Å². The van der Waals surface area contributed by atoms with E-state index in [0.29, 0.717) is 6.01 Å². The Morgan fingerprint density at radius 3 is 2.63 bits per heavy atom. The molecule has 0 aliphatic heterocycles. The molecule has 2 aromatic heterocycles. The first-order valence-corrected chi connectivity index (χ1v) is 9.28. The van der Waals surface area contributed by atoms with E-state index >= 15 is 0 Å². The van der Waals surface area contributed by atoms with Crippen LogP contribution in [0.25, 0.3) is 32.4 Å². The van der Waals surface area contributed by atoms with Gasteiger partial charge in [-0.3, -0.25) is 5.32 Å². The molecule has 2 heterocycles. The largest absolute Gasteiger partial charge is 0.497 e. The summed E-state index contributed by atoms with van der Waals surface area (Å²) in [5, 5.41) is 3.90. The minimum absolute atomic E-state index is 0.432. The van der Waals surface area contributed by atoms with Gasteiger partial charge in [0.15, 0.2) is 10.7 Å². The van der Waals surface area contributed by atoms with Crippen LogP contribution in [0, 0.1) is 0 Å². The van der Waals surface area contributed by atoms with Crippen molar-refractivity contribution >= 4 is 43.8 Å². The molecule has 0 aliphatic carbocycles. The van der Waals surface area contributed by atoms with Crippen LogP contribution in [0.5, 0.6) is 5.75 Å². The Labute approximate surface area is 159 Å². The molecule has 5 nitrogen and oxygen atoms in total. The first-order chi connectivity index (χ1) is 13.3. The quantitative estimate of drug-likeness (QED) is 0.428. The Morgan fingerprint density at radius 1 is 0.889 bits per heavy atom. The lowest BCUT2D eigenvalue weighted by Crippen LogP contribution is -1.88. The van der Waals surface area contributed by atoms with E-state index in [9.17, 15) is 0 Å². The smallest absolute Gasteiger partial charge is 0.302 e. The lowest BCUT2D eigenvalue weighted by Gasteiger charge is -1.99. The van der Waals surface area contributed by atoms with Crippen LogP contribution < -0.4 is 10.1 Å². The Kier molecular flexibility index (Phi) is 3.76. The summed E-state index contributed by atoms with van der Waals surface area (Å²) >= 11 is 1.53. The SMILES string of the molecule is COc1ccc2nc(Nc3nc4cc(-c5ccccc5)ccc4o3)sc2c1. The van der Waals surface area contributed by atoms with Gasteiger partial charge in [-0.15, -0.1) is 0 Å². The Morgan fingerprint density at radius 2 is 1.78 bits per heavy atom. The summed E-state index contributed by atoms with van der Waals surface area (Å²) < 4.78 is 12.1. The molecule has 5 aromatic rings. The third-order valence-electron chi connectivity index (χ3n) is 4.30. The van der Waals surface area contributed by atoms with Crippen molar-refractivity contribution in [2.75, 3.05) is 12.4 Å². The number of ether oxygens (including phenoxy) is 1. The van der Waals surface area contributed by atoms with E-state index < -0.39 is 0 Å². The average Bonchev–Trinajstić information content (AvgIpc) is 3.30. The first kappa shape index (κ1) is 15.8. The maximum absolute atomic E-state index is 5.82. The second-order valence-corrected chi connectivity index (χ2v) is 7.08. The molecular weight excluding hydrogens is 358 g/mol. The molecule has 132 valence electrons. The highest BCUT2D eigenvalue weighted by molar-refractivity contribution is 7.22. The minimum Gasteiger partial charge on any atom is -0.497 e. The molecule has 0 amide bonds. The van der Waals surface area contributed by atoms with Gasteiger partial charge in [0.05, 0.1) is 17.3 Å². The summed E-state index contributed by atoms with van der Waals surface area (Å²) in [6.45, 7) is 0. The molecule has 6 heteroatoms. The van der Waals surface area contributed by atoms with Crippen molar-refractivity contribution in [2.45, 2.75) is 0 Å². The molecule has 0 fully saturated rings. The van der Waals surface area contributed by atoms with E-state index in [0.717, 1.165) is 43.3 Å². The van der Waals surface area contributed by atoms with E-state index in [4.69, 9.17) is 9.15 Å². The fraction of sp³-hybridized carbons (Fsp3) is 0.0476. The number of nitrogens with one attached hydrogen (secondary N) is 1. The van der Waals surface area contributed by atoms with Crippen LogP contribution in [0.1, 0.15) is 0 Å². The third kappa shape index (κ3) is 3.00. The Balaban J connectivity index is 1.47. The van der Waals surface area contributed by atoms with Crippen LogP contribution in [0.15, 0.2) is 71.1 Å². The highest BCUT2D eigenvalue weighted by Crippen LogP contribution is 2.32. The fourth-order valence-corrected chi connectivity index (χ4v) is 3.85. The predicted octanol–water partition coefficient (Wildman–Crippen LogP) is 5.86. The van der Waals surface area contributed by atoms with Crippen molar-refractivity contribution < 1.29 is 9.15 Å². The Bertz CT molecular complexity index is 1240. The number of methoxy groups -OCH3 is 1. The average molecular weight is 373 g/mol. The van der Waals surface area contributed by atoms with Crippen LogP contribution >= 0.6 is 11.3 Å². The number of hydrogen-bond acceptors (Lipinski definition) is 6. The van der Waals surface area contributed by atoms with Crippen molar-refractivity contribution in [3.8, 4) is 16.9 Å². The van der Waals surface area contributed by atoms with Gasteiger partial charge in [0, 0.05) is 0 Å². The highest BCUT2D eigenvalue weighted by Gasteiger charge is 2.11. The second kappa shape index (κ2) is 6.41. The number of nitrogens with zero attached hydrogens (tertiary/aromatic N) is 2. The molecule has 1 N–H and O–H groups in total. The first-order valence-electron chi connectivity index (χ1n) is 8.46. The van der Waals surface area contributed by atoms with E-state index in [-0.39, 0.29) is 0 Å². The molecule has 0 aliphatic rings. The Hall–Kier alpha value is -3.38. The molecule has 3 aromatic carbocycles. The van der Waals surface area contributed by atoms with Crippen LogP contribution in [0.2, 0.25) is 0 Å². The normalized spacial score (nSPS) is 11.1. The van der Waals surface area contributed by atoms with Gasteiger partial charge in [0.1, 0.15) is 11.3 Å². The van der Waals surface area contributed by atoms with Crippen LogP contribution in [0.4, 0.5) is 11.1 Å². The topological polar surface area (TPSA) is 60.2 Å². The van der Waals surface area contributed by atoms with Gasteiger partial charge in [-0.1, -0.05) is 47.7 Å². The summed E-state index contributed by atoms with van der Waals surface area (Å²) in [4.78, 5) is 9.13. The highest BCUT2D eigenvalue weighted by atomic mass is 32.1. The van der Waals surface area contributed by atoms with Gasteiger partial charge in [-0.05, 0) is 41.5 Å². The van der Waals surface area contributed by atoms with Crippen molar-refractivity contribution in [1.29, 1.82) is 0 Å². The number of fused-ring (bicyclic) bond motifs is 2. The standard InChI is InChI=1S/C21H15N3O2S/c1-25-15-8-9-16-19(12-15)27-21(23-16)24-20-22-17-11-14(7-10-18(17)26-20)13-5-3-2-4-6-13/h2-12H,1H3,(H,22,23,24). The number of anilines is 2. The van der Waals surface area contributed by atoms with Gasteiger partial charge in [0.25, 0.3) is 0 Å². The van der Waals surface area contributed by atoms with Gasteiger partial charge >= 0.3 is 6.01 Å². The maximum Gasteiger partial charge on any atom is 0.302 e. The second-order valence-electron chi connectivity index (χ2n) is 6.05. The molecule has 27 heavy (non-hydrogen) atoms. The lowest BCUT2D eigenvalue weighted by atomic mass is 10.1. The number of oxazole rings is 1. The molecule has 0 atom stereocenters. The number of thiazole rings is 1. The zero-order valence-electron chi connectivity index (χ0n) is 14.5. The molecule has 0 saturated heterocycles. The molecular formula is C21H15N3O2S. The van der Waals surface area contributed by atoms with E-state index in [2.05, 4.69) is 27.4 Å². The summed E-state index contributed by atoms with van der Waals surface area (Å²) in [5.41, 5.74) is 4.71. The molecule has 0 radical (unpaired) electrons. The summed E-state index contributed by atoms with van der Waals surface area (Å²) in [7, 11) is 1.66. The molecule has 0 unspecified atom stereocenters. The third-order valence-corrected chi connectivity index (χ3v) is 5.24. The van der Waals surface area contributed by atoms with Crippen LogP contribution in [0.3, 0.4) is 0 Å². The van der Waals surface area contributed by atoms with Crippen molar-refractivity contribution in [1.82, 2.24) is 9.97 Å². The molecule has 0 saturated carbocycles. The fourth-order valence-electron chi connectivity index (χ4n) is 2.97. The van der Waals surface area contributed by atoms with Gasteiger partial charge in [0.2, 0.25) is 0 Å². The molecule has 0 bridgehead atoms. The van der Waals surface area contributed by atoms with Crippen LogP contribution in [-0.4, -0.2) is 17.1 Å². The van der Waals surface area contributed by atoms with E-state index in [1.165, 1.54) is 11.3 Å². The minimum atomic E-state index is 0.432. The zero-order valence-corrected chi connectivity index (χ0v) is 15.3. The van der Waals surface area contributed by atoms with Crippen molar-refractivity contribution in [2.24, 2.45) is 0 Å². The number of benzene rings is 3. The van der Waals surface area contributed by atoms with Gasteiger partial charge in [-0.2, -0.15) is 4.98 Å². The predicted molar refractivity (Wildman–Crippen MR) is 109 cm³/mol. The summed E-state index contributed by atoms with van der Waals surface area (Å²) in [5.74, 6) is 0.813. The number of rotatable bonds is 4. The van der Waals surface area contributed by atoms with Crippen molar-refractivity contribution in [3.63, 3.8) is 0 Å². The molecule has 5 rings (SSSR count). The van der Waals surface area contributed by atoms with Gasteiger partial charge < -0.3 is 9.15 Å². The van der Waals surface area contributed by atoms with Gasteiger partial charge in [-0.25, -0.2) is 4.98 Å². The lowest BCUT2D eigenvalue weighted by molar-refractivity contribution is 0.415. The zero-order chi connectivity index (χ0) is 18.2. The number of aromatic nitrogens is 2. The van der Waals surface area contributed by atoms with Crippen molar-refractivity contribution in [3.05, 3.63) is 66.7 Å².